The Hall–Kier alpha value is -1.88. The molecule has 1 amide bonds. The van der Waals surface area contributed by atoms with Crippen LogP contribution >= 0.6 is 11.3 Å². The van der Waals surface area contributed by atoms with E-state index >= 15 is 0 Å². The minimum absolute atomic E-state index is 0.0365. The van der Waals surface area contributed by atoms with Crippen LogP contribution in [-0.2, 0) is 4.79 Å². The Bertz CT molecular complexity index is 565. The second-order valence-corrected chi connectivity index (χ2v) is 4.91. The van der Waals surface area contributed by atoms with Crippen LogP contribution in [0.1, 0.15) is 16.6 Å². The molecule has 5 heteroatoms. The number of rotatable bonds is 1. The van der Waals surface area contributed by atoms with Gasteiger partial charge in [0.05, 0.1) is 5.69 Å². The van der Waals surface area contributed by atoms with E-state index in [4.69, 9.17) is 0 Å². The fourth-order valence-corrected chi connectivity index (χ4v) is 2.60. The molecule has 0 fully saturated rings. The monoisotopic (exact) mass is 245 g/mol. The van der Waals surface area contributed by atoms with Crippen LogP contribution in [0.15, 0.2) is 29.6 Å². The SMILES string of the molecule is Cc1ccc2c(n1)NC(c1cccs1)C(=O)N2. The molecule has 2 aromatic rings. The fraction of sp³-hybridized carbons (Fsp3) is 0.167. The first-order chi connectivity index (χ1) is 8.24. The fourth-order valence-electron chi connectivity index (χ4n) is 1.83. The Morgan fingerprint density at radius 1 is 1.35 bits per heavy atom. The summed E-state index contributed by atoms with van der Waals surface area (Å²) in [6.07, 6.45) is 0. The average Bonchev–Trinajstić information content (AvgIpc) is 2.82. The summed E-state index contributed by atoms with van der Waals surface area (Å²) < 4.78 is 0. The molecular formula is C12H11N3OS. The van der Waals surface area contributed by atoms with E-state index in [9.17, 15) is 4.79 Å². The van der Waals surface area contributed by atoms with Crippen molar-refractivity contribution in [1.82, 2.24) is 4.98 Å². The highest BCUT2D eigenvalue weighted by Crippen LogP contribution is 2.32. The van der Waals surface area contributed by atoms with Crippen LogP contribution in [0, 0.1) is 6.92 Å². The third-order valence-corrected chi connectivity index (χ3v) is 3.60. The minimum atomic E-state index is -0.336. The highest BCUT2D eigenvalue weighted by atomic mass is 32.1. The molecule has 0 spiro atoms. The third-order valence-electron chi connectivity index (χ3n) is 2.66. The van der Waals surface area contributed by atoms with Crippen LogP contribution in [-0.4, -0.2) is 10.9 Å². The summed E-state index contributed by atoms with van der Waals surface area (Å²) in [5, 5.41) is 8.01. The van der Waals surface area contributed by atoms with E-state index < -0.39 is 0 Å². The van der Waals surface area contributed by atoms with Gasteiger partial charge >= 0.3 is 0 Å². The van der Waals surface area contributed by atoms with Crippen LogP contribution in [0.5, 0.6) is 0 Å². The molecule has 86 valence electrons. The highest BCUT2D eigenvalue weighted by molar-refractivity contribution is 7.10. The third kappa shape index (κ3) is 1.78. The molecule has 2 N–H and O–H groups in total. The standard InChI is InChI=1S/C12H11N3OS/c1-7-4-5-8-11(13-7)15-10(12(16)14-8)9-3-2-6-17-9/h2-6,10H,1H3,(H,13,15)(H,14,16). The number of nitrogens with one attached hydrogen (secondary N) is 2. The molecule has 0 bridgehead atoms. The van der Waals surface area contributed by atoms with Crippen molar-refractivity contribution < 1.29 is 4.79 Å². The topological polar surface area (TPSA) is 54.0 Å². The maximum atomic E-state index is 11.9. The number of carbonyl (C=O) groups excluding carboxylic acids is 1. The van der Waals surface area contributed by atoms with Crippen molar-refractivity contribution in [2.45, 2.75) is 13.0 Å². The second-order valence-electron chi connectivity index (χ2n) is 3.93. The zero-order valence-electron chi connectivity index (χ0n) is 9.23. The summed E-state index contributed by atoms with van der Waals surface area (Å²) in [5.74, 6) is 0.702. The van der Waals surface area contributed by atoms with Gasteiger partial charge in [0.1, 0.15) is 6.04 Å². The quantitative estimate of drug-likeness (QED) is 0.811. The van der Waals surface area contributed by atoms with E-state index in [0.717, 1.165) is 22.1 Å². The molecule has 0 aromatic carbocycles. The maximum Gasteiger partial charge on any atom is 0.252 e. The number of anilines is 2. The Balaban J connectivity index is 1.99. The summed E-state index contributed by atoms with van der Waals surface area (Å²) in [6.45, 7) is 1.93. The van der Waals surface area contributed by atoms with Crippen molar-refractivity contribution in [3.63, 3.8) is 0 Å². The van der Waals surface area contributed by atoms with E-state index in [2.05, 4.69) is 15.6 Å². The number of thiophene rings is 1. The van der Waals surface area contributed by atoms with Crippen molar-refractivity contribution in [2.75, 3.05) is 10.6 Å². The van der Waals surface area contributed by atoms with Crippen molar-refractivity contribution in [1.29, 1.82) is 0 Å². The highest BCUT2D eigenvalue weighted by Gasteiger charge is 2.28. The van der Waals surface area contributed by atoms with Gasteiger partial charge in [0.2, 0.25) is 0 Å². The molecule has 3 heterocycles. The van der Waals surface area contributed by atoms with Gasteiger partial charge in [-0.25, -0.2) is 4.98 Å². The Kier molecular flexibility index (Phi) is 2.33. The summed E-state index contributed by atoms with van der Waals surface area (Å²) in [4.78, 5) is 17.3. The van der Waals surface area contributed by atoms with Gasteiger partial charge in [-0.3, -0.25) is 4.79 Å². The van der Waals surface area contributed by atoms with Gasteiger partial charge in [0, 0.05) is 10.6 Å². The van der Waals surface area contributed by atoms with Crippen molar-refractivity contribution in [3.05, 3.63) is 40.2 Å². The normalized spacial score (nSPS) is 18.2. The van der Waals surface area contributed by atoms with E-state index in [0.29, 0.717) is 0 Å². The number of amides is 1. The molecule has 17 heavy (non-hydrogen) atoms. The predicted octanol–water partition coefficient (Wildman–Crippen LogP) is 2.56. The van der Waals surface area contributed by atoms with Gasteiger partial charge < -0.3 is 10.6 Å². The lowest BCUT2D eigenvalue weighted by Crippen LogP contribution is -2.32. The summed E-state index contributed by atoms with van der Waals surface area (Å²) >= 11 is 1.56. The van der Waals surface area contributed by atoms with E-state index in [1.54, 1.807) is 11.3 Å². The summed E-state index contributed by atoms with van der Waals surface area (Å²) in [6, 6.07) is 7.30. The molecule has 1 aliphatic rings. The first-order valence-electron chi connectivity index (χ1n) is 5.32. The van der Waals surface area contributed by atoms with Gasteiger partial charge in [-0.15, -0.1) is 11.3 Å². The van der Waals surface area contributed by atoms with Gasteiger partial charge in [-0.2, -0.15) is 0 Å². The van der Waals surface area contributed by atoms with Gasteiger partial charge in [-0.1, -0.05) is 6.07 Å². The molecule has 0 aliphatic carbocycles. The summed E-state index contributed by atoms with van der Waals surface area (Å²) in [7, 11) is 0. The smallest absolute Gasteiger partial charge is 0.252 e. The molecule has 1 aliphatic heterocycles. The second kappa shape index (κ2) is 3.85. The number of hydrogen-bond donors (Lipinski definition) is 2. The van der Waals surface area contributed by atoms with Crippen LogP contribution in [0.2, 0.25) is 0 Å². The van der Waals surface area contributed by atoms with Crippen molar-refractivity contribution >= 4 is 28.7 Å². The number of nitrogens with zero attached hydrogens (tertiary/aromatic N) is 1. The minimum Gasteiger partial charge on any atom is -0.352 e. The van der Waals surface area contributed by atoms with Crippen molar-refractivity contribution in [3.8, 4) is 0 Å². The van der Waals surface area contributed by atoms with Crippen LogP contribution < -0.4 is 10.6 Å². The number of pyridine rings is 1. The Labute approximate surface area is 103 Å². The van der Waals surface area contributed by atoms with Crippen LogP contribution in [0.3, 0.4) is 0 Å². The van der Waals surface area contributed by atoms with Crippen LogP contribution in [0.25, 0.3) is 0 Å². The van der Waals surface area contributed by atoms with E-state index in [1.807, 2.05) is 36.6 Å². The van der Waals surface area contributed by atoms with Gasteiger partial charge in [-0.05, 0) is 30.5 Å². The molecular weight excluding hydrogens is 234 g/mol. The lowest BCUT2D eigenvalue weighted by molar-refractivity contribution is -0.117. The zero-order chi connectivity index (χ0) is 11.8. The summed E-state index contributed by atoms with van der Waals surface area (Å²) in [5.41, 5.74) is 1.67. The van der Waals surface area contributed by atoms with Gasteiger partial charge in [0.15, 0.2) is 5.82 Å². The maximum absolute atomic E-state index is 11.9. The molecule has 4 nitrogen and oxygen atoms in total. The van der Waals surface area contributed by atoms with E-state index in [-0.39, 0.29) is 11.9 Å². The largest absolute Gasteiger partial charge is 0.352 e. The molecule has 0 saturated carbocycles. The first-order valence-corrected chi connectivity index (χ1v) is 6.20. The first kappa shape index (κ1) is 10.3. The van der Waals surface area contributed by atoms with E-state index in [1.165, 1.54) is 0 Å². The molecule has 2 aromatic heterocycles. The molecule has 0 radical (unpaired) electrons. The lowest BCUT2D eigenvalue weighted by Gasteiger charge is -2.25. The Morgan fingerprint density at radius 2 is 2.24 bits per heavy atom. The molecule has 1 atom stereocenters. The number of fused-ring (bicyclic) bond motifs is 1. The van der Waals surface area contributed by atoms with Gasteiger partial charge in [0.25, 0.3) is 5.91 Å². The number of aryl methyl sites for hydroxylation is 1. The molecule has 3 rings (SSSR count). The van der Waals surface area contributed by atoms with Crippen molar-refractivity contribution in [2.24, 2.45) is 0 Å². The average molecular weight is 245 g/mol. The predicted molar refractivity (Wildman–Crippen MR) is 68.3 cm³/mol. The number of aromatic nitrogens is 1. The molecule has 1 unspecified atom stereocenters. The Morgan fingerprint density at radius 3 is 3.00 bits per heavy atom. The zero-order valence-corrected chi connectivity index (χ0v) is 10.0. The number of hydrogen-bond acceptors (Lipinski definition) is 4. The lowest BCUT2D eigenvalue weighted by atomic mass is 10.1. The number of carbonyl (C=O) groups is 1. The molecule has 0 saturated heterocycles. The van der Waals surface area contributed by atoms with Crippen LogP contribution in [0.4, 0.5) is 11.5 Å².